The van der Waals surface area contributed by atoms with Crippen molar-refractivity contribution in [2.75, 3.05) is 67.7 Å². The molecule has 6 aromatic rings. The van der Waals surface area contributed by atoms with E-state index in [1.165, 1.54) is 17.7 Å². The Balaban J connectivity index is 0.801. The number of nitrogens with one attached hydrogen (secondary N) is 3. The molecular formula is C53H57N9O9S. The molecule has 18 nitrogen and oxygen atoms in total. The molecule has 0 radical (unpaired) electrons. The summed E-state index contributed by atoms with van der Waals surface area (Å²) in [6.45, 7) is 5.02. The quantitative estimate of drug-likeness (QED) is 0.0733. The van der Waals surface area contributed by atoms with Gasteiger partial charge in [0.1, 0.15) is 34.6 Å². The van der Waals surface area contributed by atoms with Crippen LogP contribution in [0.5, 0.6) is 17.4 Å². The fourth-order valence-electron chi connectivity index (χ4n) is 12.0. The van der Waals surface area contributed by atoms with Gasteiger partial charge in [0.2, 0.25) is 5.88 Å². The number of aromatic amines is 1. The van der Waals surface area contributed by atoms with Crippen molar-refractivity contribution in [2.24, 2.45) is 11.3 Å². The summed E-state index contributed by atoms with van der Waals surface area (Å²) < 4.78 is 54.7. The third-order valence-corrected chi connectivity index (χ3v) is 17.2. The molecule has 3 N–H and O–H groups in total. The van der Waals surface area contributed by atoms with Gasteiger partial charge in [0.15, 0.2) is 0 Å². The Bertz CT molecular complexity index is 3120. The lowest BCUT2D eigenvalue weighted by Crippen LogP contribution is -2.54. The molecule has 72 heavy (non-hydrogen) atoms. The van der Waals surface area contributed by atoms with Crippen LogP contribution in [0.2, 0.25) is 0 Å². The molecule has 12 rings (SSSR count). The molecule has 3 aromatic carbocycles. The number of carbonyl (C=O) groups is 1. The summed E-state index contributed by atoms with van der Waals surface area (Å²) in [7, 11) is -4.60. The molecule has 1 saturated carbocycles. The van der Waals surface area contributed by atoms with Crippen LogP contribution in [0.25, 0.3) is 11.0 Å². The van der Waals surface area contributed by atoms with Crippen LogP contribution in [-0.4, -0.2) is 110 Å². The number of piperidine rings is 1. The number of hydrogen-bond donors (Lipinski definition) is 3. The Kier molecular flexibility index (Phi) is 12.2. The van der Waals surface area contributed by atoms with Crippen molar-refractivity contribution in [3.8, 4) is 17.4 Å². The molecule has 6 aliphatic rings. The first-order chi connectivity index (χ1) is 35.1. The van der Waals surface area contributed by atoms with E-state index in [9.17, 15) is 23.3 Å². The van der Waals surface area contributed by atoms with Gasteiger partial charge in [-0.3, -0.25) is 24.8 Å². The minimum Gasteiger partial charge on any atom is -0.468 e. The van der Waals surface area contributed by atoms with Crippen LogP contribution in [-0.2, 0) is 19.5 Å². The van der Waals surface area contributed by atoms with Crippen LogP contribution in [0, 0.1) is 21.4 Å². The predicted molar refractivity (Wildman–Crippen MR) is 270 cm³/mol. The number of hydrogen-bond acceptors (Lipinski definition) is 15. The Labute approximate surface area is 417 Å². The van der Waals surface area contributed by atoms with Gasteiger partial charge in [-0.25, -0.2) is 13.1 Å². The lowest BCUT2D eigenvalue weighted by atomic mass is 9.60. The summed E-state index contributed by atoms with van der Waals surface area (Å²) in [5.74, 6) is 1.35. The first-order valence-electron chi connectivity index (χ1n) is 25.1. The number of nitro groups is 1. The van der Waals surface area contributed by atoms with E-state index in [0.717, 1.165) is 99.6 Å². The normalized spacial score (nSPS) is 22.2. The van der Waals surface area contributed by atoms with Crippen molar-refractivity contribution < 1.29 is 37.1 Å². The van der Waals surface area contributed by atoms with Crippen molar-refractivity contribution in [2.45, 2.75) is 80.5 Å². The van der Waals surface area contributed by atoms with E-state index < -0.39 is 37.5 Å². The average molecular weight is 996 g/mol. The number of likely N-dealkylation sites (tertiary alicyclic amines) is 1. The second-order valence-electron chi connectivity index (χ2n) is 20.1. The molecular weight excluding hydrogens is 939 g/mol. The molecule has 374 valence electrons. The number of H-pyrrole nitrogens is 1. The number of ether oxygens (including phenoxy) is 4. The van der Waals surface area contributed by atoms with Gasteiger partial charge in [-0.15, -0.1) is 0 Å². The maximum Gasteiger partial charge on any atom is 0.293 e. The van der Waals surface area contributed by atoms with Crippen LogP contribution >= 0.6 is 0 Å². The van der Waals surface area contributed by atoms with Crippen molar-refractivity contribution in [1.82, 2.24) is 24.6 Å². The van der Waals surface area contributed by atoms with E-state index in [-0.39, 0.29) is 34.7 Å². The summed E-state index contributed by atoms with van der Waals surface area (Å²) in [5, 5.41) is 16.3. The predicted octanol–water partition coefficient (Wildman–Crippen LogP) is 8.50. The smallest absolute Gasteiger partial charge is 0.293 e. The number of anilines is 4. The summed E-state index contributed by atoms with van der Waals surface area (Å²) in [6, 6.07) is 25.7. The van der Waals surface area contributed by atoms with Gasteiger partial charge in [-0.05, 0) is 130 Å². The largest absolute Gasteiger partial charge is 0.468 e. The molecule has 19 heteroatoms. The van der Waals surface area contributed by atoms with E-state index in [1.807, 2.05) is 47.4 Å². The first-order valence-corrected chi connectivity index (χ1v) is 26.6. The molecule has 5 aliphatic heterocycles. The molecule has 1 spiro atoms. The van der Waals surface area contributed by atoms with E-state index in [1.54, 1.807) is 24.7 Å². The molecule has 3 aromatic heterocycles. The minimum absolute atomic E-state index is 0.0992. The van der Waals surface area contributed by atoms with E-state index in [2.05, 4.69) is 48.0 Å². The van der Waals surface area contributed by atoms with Crippen LogP contribution in [0.3, 0.4) is 0 Å². The molecule has 0 bridgehead atoms. The zero-order valence-corrected chi connectivity index (χ0v) is 40.6. The number of rotatable bonds is 13. The Morgan fingerprint density at radius 2 is 1.78 bits per heavy atom. The number of benzene rings is 3. The van der Waals surface area contributed by atoms with Gasteiger partial charge < -0.3 is 39.0 Å². The third kappa shape index (κ3) is 8.85. The van der Waals surface area contributed by atoms with E-state index in [4.69, 9.17) is 23.9 Å². The lowest BCUT2D eigenvalue weighted by Gasteiger charge is -2.56. The van der Waals surface area contributed by atoms with Crippen LogP contribution in [0.1, 0.15) is 73.3 Å². The molecule has 8 heterocycles. The van der Waals surface area contributed by atoms with Gasteiger partial charge in [-0.2, -0.15) is 4.98 Å². The number of aromatic nitrogens is 3. The van der Waals surface area contributed by atoms with Gasteiger partial charge in [0.05, 0.1) is 46.5 Å². The highest BCUT2D eigenvalue weighted by atomic mass is 32.2. The Morgan fingerprint density at radius 3 is 2.60 bits per heavy atom. The average Bonchev–Trinajstić information content (AvgIpc) is 4.19. The number of para-hydroxylation sites is 1. The molecule has 4 saturated heterocycles. The molecule has 0 unspecified atom stereocenters. The molecule has 1 aliphatic carbocycles. The lowest BCUT2D eigenvalue weighted by molar-refractivity contribution is -0.384. The summed E-state index contributed by atoms with van der Waals surface area (Å²) >= 11 is 0. The standard InChI is InChI=1S/C53H57N9O9S/c63-51(58-72(66,67)39-10-12-42(45(27-39)62(64)65)56-30-34-14-23-68-24-15-34)41-11-9-36(26-44(41)61-46-25-35-13-19-55-50(35)57-52(46)71-49-33-69-32-47(49)61)59-21-16-53(17-22-59)28-37(29-53)60-20-4-7-43(60)40-6-1-2-8-48(40)70-38-5-3-18-54-31-38/h1-3,5-6,8-13,18-19,25-27,31,34,37,43,47,49,56H,4,7,14-17,20-24,28-30,32-33H2,(H,55,57)(H,58,63)/t43-,47+,49+/m0/s1. The van der Waals surface area contributed by atoms with Crippen LogP contribution < -0.4 is 29.3 Å². The third-order valence-electron chi connectivity index (χ3n) is 15.9. The monoisotopic (exact) mass is 995 g/mol. The second-order valence-corrected chi connectivity index (χ2v) is 21.8. The SMILES string of the molecule is O=C(NS(=O)(=O)c1ccc(NCC2CCOCC2)c([N+](=O)[O-])c1)c1ccc(N2CCC3(CC2)CC(N2CCC[C@H]2c2ccccc2Oc2cccnc2)C3)cc1N1c2cc3cc[nH]c3nc2O[C@@H]2COC[C@H]21. The van der Waals surface area contributed by atoms with Crippen molar-refractivity contribution >= 4 is 55.4 Å². The van der Waals surface area contributed by atoms with Gasteiger partial charge >= 0.3 is 0 Å². The highest BCUT2D eigenvalue weighted by Crippen LogP contribution is 2.55. The van der Waals surface area contributed by atoms with Crippen LogP contribution in [0.4, 0.5) is 28.4 Å². The number of pyridine rings is 2. The zero-order chi connectivity index (χ0) is 49.0. The van der Waals surface area contributed by atoms with Crippen LogP contribution in [0.15, 0.2) is 108 Å². The molecule has 1 amide bonds. The second kappa shape index (κ2) is 19.0. The summed E-state index contributed by atoms with van der Waals surface area (Å²) in [4.78, 5) is 45.2. The number of fused-ring (bicyclic) bond motifs is 3. The maximum atomic E-state index is 14.6. The highest BCUT2D eigenvalue weighted by Gasteiger charge is 2.50. The number of carbonyl (C=O) groups excluding carboxylic acids is 1. The van der Waals surface area contributed by atoms with E-state index >= 15 is 0 Å². The number of nitro benzene ring substituents is 1. The number of sulfonamides is 1. The molecule has 3 atom stereocenters. The first kappa shape index (κ1) is 46.3. The summed E-state index contributed by atoms with van der Waals surface area (Å²) in [6.07, 6.45) is 13.1. The Morgan fingerprint density at radius 1 is 0.931 bits per heavy atom. The van der Waals surface area contributed by atoms with Gasteiger partial charge in [0.25, 0.3) is 21.6 Å². The minimum atomic E-state index is -4.60. The van der Waals surface area contributed by atoms with Gasteiger partial charge in [0, 0.05) is 80.0 Å². The fraction of sp³-hybridized carbons (Fsp3) is 0.415. The highest BCUT2D eigenvalue weighted by molar-refractivity contribution is 7.90. The molecule has 5 fully saturated rings. The maximum absolute atomic E-state index is 14.6. The zero-order valence-electron chi connectivity index (χ0n) is 39.8. The fourth-order valence-corrected chi connectivity index (χ4v) is 13.0. The van der Waals surface area contributed by atoms with Crippen molar-refractivity contribution in [3.05, 3.63) is 125 Å². The van der Waals surface area contributed by atoms with Gasteiger partial charge in [-0.1, -0.05) is 18.2 Å². The Hall–Kier alpha value is -6.80. The number of amides is 1. The summed E-state index contributed by atoms with van der Waals surface area (Å²) in [5.41, 5.74) is 3.98. The topological polar surface area (TPSA) is 207 Å². The van der Waals surface area contributed by atoms with E-state index in [0.29, 0.717) is 61.9 Å². The van der Waals surface area contributed by atoms with Crippen molar-refractivity contribution in [1.29, 1.82) is 0 Å². The number of nitrogens with zero attached hydrogens (tertiary/aromatic N) is 6. The van der Waals surface area contributed by atoms with Crippen molar-refractivity contribution in [3.63, 3.8) is 0 Å².